The van der Waals surface area contributed by atoms with E-state index in [1.165, 1.54) is 6.07 Å². The molecule has 0 radical (unpaired) electrons. The van der Waals surface area contributed by atoms with Crippen molar-refractivity contribution in [2.45, 2.75) is 13.5 Å². The number of hydrogen-bond donors (Lipinski definition) is 1. The van der Waals surface area contributed by atoms with E-state index in [-0.39, 0.29) is 5.56 Å². The Labute approximate surface area is 131 Å². The maximum absolute atomic E-state index is 11.0. The van der Waals surface area contributed by atoms with Crippen molar-refractivity contribution in [3.05, 3.63) is 57.6 Å². The van der Waals surface area contributed by atoms with Gasteiger partial charge in [-0.2, -0.15) is 0 Å². The molecule has 2 aromatic rings. The van der Waals surface area contributed by atoms with E-state index in [1.54, 1.807) is 19.2 Å². The van der Waals surface area contributed by atoms with Crippen LogP contribution in [0, 0.1) is 6.92 Å². The second-order valence-corrected chi connectivity index (χ2v) is 5.39. The van der Waals surface area contributed by atoms with Crippen LogP contribution in [-0.4, -0.2) is 18.2 Å². The van der Waals surface area contributed by atoms with Gasteiger partial charge in [0.1, 0.15) is 18.1 Å². The Hall–Kier alpha value is -2.01. The zero-order valence-corrected chi connectivity index (χ0v) is 13.3. The topological polar surface area (TPSA) is 55.8 Å². The van der Waals surface area contributed by atoms with Crippen LogP contribution in [0.25, 0.3) is 0 Å². The molecule has 1 N–H and O–H groups in total. The first kappa shape index (κ1) is 15.4. The van der Waals surface area contributed by atoms with Crippen molar-refractivity contribution in [3.8, 4) is 11.5 Å². The highest BCUT2D eigenvalue weighted by Crippen LogP contribution is 2.26. The van der Waals surface area contributed by atoms with Gasteiger partial charge in [-0.25, -0.2) is 4.79 Å². The van der Waals surface area contributed by atoms with Crippen LogP contribution in [0.5, 0.6) is 11.5 Å². The second-order valence-electron chi connectivity index (χ2n) is 4.53. The lowest BCUT2D eigenvalue weighted by Crippen LogP contribution is -2.01. The fourth-order valence-electron chi connectivity index (χ4n) is 1.83. The third-order valence-corrected chi connectivity index (χ3v) is 3.84. The lowest BCUT2D eigenvalue weighted by atomic mass is 10.1. The summed E-state index contributed by atoms with van der Waals surface area (Å²) in [4.78, 5) is 11.0. The number of ether oxygens (including phenoxy) is 2. The van der Waals surface area contributed by atoms with Crippen LogP contribution in [0.2, 0.25) is 0 Å². The molecular formula is C16H15BrO4. The third-order valence-electron chi connectivity index (χ3n) is 3.07. The molecule has 0 atom stereocenters. The largest absolute Gasteiger partial charge is 0.497 e. The first-order valence-corrected chi connectivity index (χ1v) is 7.09. The van der Waals surface area contributed by atoms with E-state index in [4.69, 9.17) is 14.6 Å². The Morgan fingerprint density at radius 1 is 1.24 bits per heavy atom. The normalized spacial score (nSPS) is 10.2. The maximum Gasteiger partial charge on any atom is 0.335 e. The summed E-state index contributed by atoms with van der Waals surface area (Å²) in [6.07, 6.45) is 0. The predicted molar refractivity (Wildman–Crippen MR) is 83.2 cm³/mol. The summed E-state index contributed by atoms with van der Waals surface area (Å²) in [7, 11) is 1.61. The number of carboxylic acid groups (broad SMARTS) is 1. The predicted octanol–water partition coefficient (Wildman–Crippen LogP) is 4.04. The maximum atomic E-state index is 11.0. The molecule has 110 valence electrons. The van der Waals surface area contributed by atoms with Crippen LogP contribution in [0.3, 0.4) is 0 Å². The Bertz CT molecular complexity index is 667. The molecule has 0 bridgehead atoms. The summed E-state index contributed by atoms with van der Waals surface area (Å²) >= 11 is 3.46. The van der Waals surface area contributed by atoms with Crippen LogP contribution in [0.15, 0.2) is 40.9 Å². The number of benzene rings is 2. The van der Waals surface area contributed by atoms with Gasteiger partial charge in [0.2, 0.25) is 0 Å². The molecule has 0 saturated heterocycles. The fraction of sp³-hybridized carbons (Fsp3) is 0.188. The Morgan fingerprint density at radius 2 is 2.00 bits per heavy atom. The number of halogens is 1. The van der Waals surface area contributed by atoms with Gasteiger partial charge >= 0.3 is 5.97 Å². The lowest BCUT2D eigenvalue weighted by Gasteiger charge is -2.12. The monoisotopic (exact) mass is 350 g/mol. The fourth-order valence-corrected chi connectivity index (χ4v) is 2.19. The summed E-state index contributed by atoms with van der Waals surface area (Å²) in [5.41, 5.74) is 2.02. The molecule has 0 aliphatic rings. The molecule has 0 amide bonds. The van der Waals surface area contributed by atoms with E-state index in [2.05, 4.69) is 15.9 Å². The van der Waals surface area contributed by atoms with Crippen molar-refractivity contribution in [1.82, 2.24) is 0 Å². The highest BCUT2D eigenvalue weighted by Gasteiger charge is 2.09. The van der Waals surface area contributed by atoms with Gasteiger partial charge in [0.05, 0.1) is 12.7 Å². The van der Waals surface area contributed by atoms with E-state index in [1.807, 2.05) is 25.1 Å². The summed E-state index contributed by atoms with van der Waals surface area (Å²) in [5, 5.41) is 9.02. The van der Waals surface area contributed by atoms with Gasteiger partial charge in [-0.15, -0.1) is 0 Å². The summed E-state index contributed by atoms with van der Waals surface area (Å²) in [6.45, 7) is 2.20. The standard InChI is InChI=1S/C16H15BrO4/c1-10-3-4-11(16(18)19)8-15(10)21-9-12-7-13(20-2)5-6-14(12)17/h3-8H,9H2,1-2H3,(H,18,19). The number of aromatic carboxylic acids is 1. The number of methoxy groups -OCH3 is 1. The first-order chi connectivity index (χ1) is 10.0. The van der Waals surface area contributed by atoms with Crippen molar-refractivity contribution in [3.63, 3.8) is 0 Å². The molecule has 2 aromatic carbocycles. The summed E-state index contributed by atoms with van der Waals surface area (Å²) in [6, 6.07) is 10.4. The summed E-state index contributed by atoms with van der Waals surface area (Å²) < 4.78 is 11.8. The lowest BCUT2D eigenvalue weighted by molar-refractivity contribution is 0.0696. The van der Waals surface area contributed by atoms with E-state index >= 15 is 0 Å². The molecule has 0 saturated carbocycles. The van der Waals surface area contributed by atoms with E-state index in [9.17, 15) is 4.79 Å². The molecule has 0 aromatic heterocycles. The molecule has 0 fully saturated rings. The van der Waals surface area contributed by atoms with Gasteiger partial charge in [0, 0.05) is 10.0 Å². The smallest absolute Gasteiger partial charge is 0.335 e. The van der Waals surface area contributed by atoms with Gasteiger partial charge in [0.25, 0.3) is 0 Å². The van der Waals surface area contributed by atoms with E-state index in [0.717, 1.165) is 21.3 Å². The molecular weight excluding hydrogens is 336 g/mol. The minimum atomic E-state index is -0.970. The van der Waals surface area contributed by atoms with Crippen molar-refractivity contribution in [2.24, 2.45) is 0 Å². The molecule has 0 aliphatic heterocycles. The van der Waals surface area contributed by atoms with Gasteiger partial charge in [0.15, 0.2) is 0 Å². The zero-order chi connectivity index (χ0) is 15.4. The van der Waals surface area contributed by atoms with Crippen molar-refractivity contribution >= 4 is 21.9 Å². The van der Waals surface area contributed by atoms with Gasteiger partial charge in [-0.3, -0.25) is 0 Å². The third kappa shape index (κ3) is 3.76. The molecule has 0 aliphatic carbocycles. The van der Waals surface area contributed by atoms with E-state index in [0.29, 0.717) is 12.4 Å². The molecule has 0 heterocycles. The molecule has 4 nitrogen and oxygen atoms in total. The van der Waals surface area contributed by atoms with Gasteiger partial charge in [-0.1, -0.05) is 22.0 Å². The van der Waals surface area contributed by atoms with Crippen molar-refractivity contribution < 1.29 is 19.4 Å². The first-order valence-electron chi connectivity index (χ1n) is 6.30. The average molecular weight is 351 g/mol. The summed E-state index contributed by atoms with van der Waals surface area (Å²) in [5.74, 6) is 0.333. The van der Waals surface area contributed by atoms with Crippen LogP contribution in [0.4, 0.5) is 0 Å². The number of carboxylic acids is 1. The molecule has 0 unspecified atom stereocenters. The number of hydrogen-bond acceptors (Lipinski definition) is 3. The van der Waals surface area contributed by atoms with Crippen LogP contribution >= 0.6 is 15.9 Å². The van der Waals surface area contributed by atoms with Crippen molar-refractivity contribution in [1.29, 1.82) is 0 Å². The Kier molecular flexibility index (Phi) is 4.85. The zero-order valence-electron chi connectivity index (χ0n) is 11.7. The average Bonchev–Trinajstić information content (AvgIpc) is 2.47. The van der Waals surface area contributed by atoms with Crippen LogP contribution in [-0.2, 0) is 6.61 Å². The minimum absolute atomic E-state index is 0.209. The molecule has 0 spiro atoms. The molecule has 2 rings (SSSR count). The van der Waals surface area contributed by atoms with Gasteiger partial charge < -0.3 is 14.6 Å². The number of carbonyl (C=O) groups is 1. The van der Waals surface area contributed by atoms with Gasteiger partial charge in [-0.05, 0) is 42.8 Å². The van der Waals surface area contributed by atoms with E-state index < -0.39 is 5.97 Å². The van der Waals surface area contributed by atoms with Crippen LogP contribution < -0.4 is 9.47 Å². The highest BCUT2D eigenvalue weighted by molar-refractivity contribution is 9.10. The number of rotatable bonds is 5. The SMILES string of the molecule is COc1ccc(Br)c(COc2cc(C(=O)O)ccc2C)c1. The molecule has 21 heavy (non-hydrogen) atoms. The van der Waals surface area contributed by atoms with Crippen molar-refractivity contribution in [2.75, 3.05) is 7.11 Å². The quantitative estimate of drug-likeness (QED) is 0.883. The molecule has 5 heteroatoms. The highest BCUT2D eigenvalue weighted by atomic mass is 79.9. The van der Waals surface area contributed by atoms with Crippen LogP contribution in [0.1, 0.15) is 21.5 Å². The second kappa shape index (κ2) is 6.63. The number of aryl methyl sites for hydroxylation is 1. The minimum Gasteiger partial charge on any atom is -0.497 e. The Morgan fingerprint density at radius 3 is 2.67 bits per heavy atom. The Balaban J connectivity index is 2.20.